The van der Waals surface area contributed by atoms with Crippen molar-refractivity contribution < 1.29 is 19.0 Å². The molecule has 17 heavy (non-hydrogen) atoms. The van der Waals surface area contributed by atoms with Crippen molar-refractivity contribution in [2.75, 3.05) is 19.8 Å². The lowest BCUT2D eigenvalue weighted by Crippen LogP contribution is -2.09. The molecule has 5 heteroatoms. The third kappa shape index (κ3) is 3.31. The average Bonchev–Trinajstić information content (AvgIpc) is 2.98. The number of hydrogen-bond donors (Lipinski definition) is 1. The maximum atomic E-state index is 11.4. The van der Waals surface area contributed by atoms with Crippen molar-refractivity contribution in [1.29, 1.82) is 0 Å². The molecule has 1 saturated heterocycles. The van der Waals surface area contributed by atoms with Crippen LogP contribution in [0.1, 0.15) is 29.5 Å². The number of aromatic amines is 1. The minimum Gasteiger partial charge on any atom is -0.461 e. The van der Waals surface area contributed by atoms with Crippen LogP contribution in [0.2, 0.25) is 0 Å². The summed E-state index contributed by atoms with van der Waals surface area (Å²) in [6.07, 6.45) is 1.48. The molecule has 1 aliphatic rings. The number of esters is 1. The minimum atomic E-state index is -0.313. The molecule has 1 aromatic heterocycles. The van der Waals surface area contributed by atoms with Gasteiger partial charge < -0.3 is 19.2 Å². The van der Waals surface area contributed by atoms with Gasteiger partial charge in [-0.2, -0.15) is 0 Å². The molecular weight excluding hydrogens is 222 g/mol. The fourth-order valence-corrected chi connectivity index (χ4v) is 1.76. The van der Waals surface area contributed by atoms with Crippen LogP contribution in [0, 0.1) is 0 Å². The van der Waals surface area contributed by atoms with E-state index in [1.54, 1.807) is 13.0 Å². The number of H-pyrrole nitrogens is 1. The van der Waals surface area contributed by atoms with Crippen molar-refractivity contribution in [2.45, 2.75) is 26.1 Å². The van der Waals surface area contributed by atoms with Crippen LogP contribution in [0.3, 0.4) is 0 Å². The van der Waals surface area contributed by atoms with Crippen LogP contribution in [0.15, 0.2) is 12.1 Å². The highest BCUT2D eigenvalue weighted by molar-refractivity contribution is 5.87. The fraction of sp³-hybridized carbons (Fsp3) is 0.583. The summed E-state index contributed by atoms with van der Waals surface area (Å²) in [7, 11) is 0. The van der Waals surface area contributed by atoms with Gasteiger partial charge in [-0.05, 0) is 25.5 Å². The van der Waals surface area contributed by atoms with Gasteiger partial charge in [0.25, 0.3) is 0 Å². The van der Waals surface area contributed by atoms with Gasteiger partial charge in [-0.15, -0.1) is 0 Å². The molecule has 0 aromatic carbocycles. The fourth-order valence-electron chi connectivity index (χ4n) is 1.76. The first kappa shape index (κ1) is 12.1. The topological polar surface area (TPSA) is 60.6 Å². The Bertz CT molecular complexity index is 368. The van der Waals surface area contributed by atoms with Crippen LogP contribution in [0.5, 0.6) is 0 Å². The molecule has 2 heterocycles. The summed E-state index contributed by atoms with van der Waals surface area (Å²) in [5.41, 5.74) is 1.49. The number of carbonyl (C=O) groups excluding carboxylic acids is 1. The van der Waals surface area contributed by atoms with E-state index < -0.39 is 0 Å². The third-order valence-electron chi connectivity index (χ3n) is 2.58. The summed E-state index contributed by atoms with van der Waals surface area (Å²) in [4.78, 5) is 14.5. The summed E-state index contributed by atoms with van der Waals surface area (Å²) < 4.78 is 15.6. The smallest absolute Gasteiger partial charge is 0.354 e. The van der Waals surface area contributed by atoms with Gasteiger partial charge in [0.2, 0.25) is 0 Å². The van der Waals surface area contributed by atoms with Crippen molar-refractivity contribution in [1.82, 2.24) is 4.98 Å². The number of hydrogen-bond acceptors (Lipinski definition) is 4. The van der Waals surface area contributed by atoms with Gasteiger partial charge in [-0.1, -0.05) is 0 Å². The molecule has 5 nitrogen and oxygen atoms in total. The van der Waals surface area contributed by atoms with Gasteiger partial charge in [-0.25, -0.2) is 4.79 Å². The lowest BCUT2D eigenvalue weighted by Gasteiger charge is -2.07. The first-order valence-electron chi connectivity index (χ1n) is 5.88. The van der Waals surface area contributed by atoms with E-state index >= 15 is 0 Å². The van der Waals surface area contributed by atoms with E-state index in [0.717, 1.165) is 18.5 Å². The number of nitrogens with one attached hydrogen (secondary N) is 1. The highest BCUT2D eigenvalue weighted by Gasteiger charge is 2.16. The molecule has 0 radical (unpaired) electrons. The molecule has 0 aliphatic carbocycles. The molecule has 0 unspecified atom stereocenters. The zero-order chi connectivity index (χ0) is 12.1. The summed E-state index contributed by atoms with van der Waals surface area (Å²) in [6.45, 7) is 3.51. The van der Waals surface area contributed by atoms with Crippen molar-refractivity contribution in [3.05, 3.63) is 23.5 Å². The van der Waals surface area contributed by atoms with Crippen LogP contribution >= 0.6 is 0 Å². The van der Waals surface area contributed by atoms with Crippen LogP contribution < -0.4 is 0 Å². The van der Waals surface area contributed by atoms with Gasteiger partial charge in [0, 0.05) is 12.1 Å². The second kappa shape index (κ2) is 5.84. The summed E-state index contributed by atoms with van der Waals surface area (Å²) in [6, 6.07) is 3.63. The van der Waals surface area contributed by atoms with E-state index in [0.29, 0.717) is 25.5 Å². The molecule has 94 valence electrons. The van der Waals surface area contributed by atoms with Gasteiger partial charge in [0.1, 0.15) is 5.69 Å². The van der Waals surface area contributed by atoms with Gasteiger partial charge >= 0.3 is 5.97 Å². The Balaban J connectivity index is 1.83. The number of aryl methyl sites for hydroxylation is 1. The Morgan fingerprint density at radius 3 is 2.94 bits per heavy atom. The van der Waals surface area contributed by atoms with Crippen LogP contribution in [-0.4, -0.2) is 37.1 Å². The second-order valence-corrected chi connectivity index (χ2v) is 3.83. The van der Waals surface area contributed by atoms with Crippen molar-refractivity contribution in [3.63, 3.8) is 0 Å². The molecule has 1 fully saturated rings. The molecule has 2 rings (SSSR count). The number of carbonyl (C=O) groups is 1. The zero-order valence-electron chi connectivity index (χ0n) is 9.90. The minimum absolute atomic E-state index is 0.107. The summed E-state index contributed by atoms with van der Waals surface area (Å²) in [5, 5.41) is 0. The number of aromatic nitrogens is 1. The molecule has 0 bridgehead atoms. The second-order valence-electron chi connectivity index (χ2n) is 3.83. The molecular formula is C12H17NO4. The average molecular weight is 239 g/mol. The standard InChI is InChI=1S/C12H17NO4/c1-2-15-12(14)10-5-3-9(13-10)4-6-11-16-7-8-17-11/h3,5,11,13H,2,4,6-8H2,1H3. The largest absolute Gasteiger partial charge is 0.461 e. The van der Waals surface area contributed by atoms with Crippen molar-refractivity contribution >= 4 is 5.97 Å². The lowest BCUT2D eigenvalue weighted by molar-refractivity contribution is -0.0463. The molecule has 0 spiro atoms. The predicted octanol–water partition coefficient (Wildman–Crippen LogP) is 1.50. The SMILES string of the molecule is CCOC(=O)c1ccc(CCC2OCCO2)[nH]1. The lowest BCUT2D eigenvalue weighted by atomic mass is 10.2. The van der Waals surface area contributed by atoms with Crippen LogP contribution in [0.25, 0.3) is 0 Å². The van der Waals surface area contributed by atoms with Crippen LogP contribution in [-0.2, 0) is 20.6 Å². The molecule has 0 atom stereocenters. The zero-order valence-corrected chi connectivity index (χ0v) is 9.90. The van der Waals surface area contributed by atoms with E-state index in [1.165, 1.54) is 0 Å². The van der Waals surface area contributed by atoms with Gasteiger partial charge in [0.05, 0.1) is 19.8 Å². The molecule has 1 aromatic rings. The van der Waals surface area contributed by atoms with Crippen LogP contribution in [0.4, 0.5) is 0 Å². The van der Waals surface area contributed by atoms with E-state index in [9.17, 15) is 4.79 Å². The Kier molecular flexibility index (Phi) is 4.17. The normalized spacial score (nSPS) is 16.3. The molecule has 0 amide bonds. The van der Waals surface area contributed by atoms with Gasteiger partial charge in [-0.3, -0.25) is 0 Å². The Hall–Kier alpha value is -1.33. The first-order chi connectivity index (χ1) is 8.29. The van der Waals surface area contributed by atoms with E-state index in [2.05, 4.69) is 4.98 Å². The van der Waals surface area contributed by atoms with E-state index in [1.807, 2.05) is 6.07 Å². The third-order valence-corrected chi connectivity index (χ3v) is 2.58. The Morgan fingerprint density at radius 1 is 1.47 bits per heavy atom. The summed E-state index contributed by atoms with van der Waals surface area (Å²) in [5.74, 6) is -0.313. The number of rotatable bonds is 5. The maximum absolute atomic E-state index is 11.4. The highest BCUT2D eigenvalue weighted by atomic mass is 16.7. The highest BCUT2D eigenvalue weighted by Crippen LogP contribution is 2.12. The molecule has 1 aliphatic heterocycles. The maximum Gasteiger partial charge on any atom is 0.354 e. The number of ether oxygens (including phenoxy) is 3. The summed E-state index contributed by atoms with van der Waals surface area (Å²) >= 11 is 0. The van der Waals surface area contributed by atoms with E-state index in [-0.39, 0.29) is 12.3 Å². The van der Waals surface area contributed by atoms with Crippen molar-refractivity contribution in [2.24, 2.45) is 0 Å². The quantitative estimate of drug-likeness (QED) is 0.791. The molecule has 1 N–H and O–H groups in total. The predicted molar refractivity (Wildman–Crippen MR) is 60.8 cm³/mol. The Labute approximate surface area is 100 Å². The van der Waals surface area contributed by atoms with Gasteiger partial charge in [0.15, 0.2) is 6.29 Å². The molecule has 0 saturated carbocycles. The van der Waals surface area contributed by atoms with E-state index in [4.69, 9.17) is 14.2 Å². The first-order valence-corrected chi connectivity index (χ1v) is 5.88. The Morgan fingerprint density at radius 2 is 2.24 bits per heavy atom. The monoisotopic (exact) mass is 239 g/mol. The van der Waals surface area contributed by atoms with Crippen molar-refractivity contribution in [3.8, 4) is 0 Å².